The summed E-state index contributed by atoms with van der Waals surface area (Å²) in [5.41, 5.74) is 3.23. The van der Waals surface area contributed by atoms with E-state index in [1.54, 1.807) is 6.26 Å². The van der Waals surface area contributed by atoms with E-state index in [4.69, 9.17) is 4.42 Å². The Morgan fingerprint density at radius 1 is 1.21 bits per heavy atom. The molecule has 3 heterocycles. The fraction of sp³-hybridized carbons (Fsp3) is 0.263. The van der Waals surface area contributed by atoms with Crippen molar-refractivity contribution >= 4 is 5.91 Å². The standard InChI is InChI=1S/C19H19N3O2/c1-14-4-6-15(7-5-14)11-19(23)21-8-9-22-16(12-20-18(22)13-21)17-3-2-10-24-17/h2-7,10,12H,8-9,11,13H2,1H3. The molecular formula is C19H19N3O2. The number of carbonyl (C=O) groups is 1. The van der Waals surface area contributed by atoms with Gasteiger partial charge in [0.05, 0.1) is 25.4 Å². The Hall–Kier alpha value is -2.82. The molecule has 2 aromatic heterocycles. The quantitative estimate of drug-likeness (QED) is 0.745. The number of fused-ring (bicyclic) bond motifs is 1. The van der Waals surface area contributed by atoms with E-state index in [1.165, 1.54) is 5.56 Å². The van der Waals surface area contributed by atoms with Crippen LogP contribution < -0.4 is 0 Å². The number of carbonyl (C=O) groups excluding carboxylic acids is 1. The minimum absolute atomic E-state index is 0.146. The minimum atomic E-state index is 0.146. The zero-order chi connectivity index (χ0) is 16.5. The zero-order valence-electron chi connectivity index (χ0n) is 13.6. The number of hydrogen-bond acceptors (Lipinski definition) is 3. The molecule has 1 aliphatic heterocycles. The molecule has 4 rings (SSSR count). The van der Waals surface area contributed by atoms with Gasteiger partial charge in [0.2, 0.25) is 5.91 Å². The molecule has 0 unspecified atom stereocenters. The smallest absolute Gasteiger partial charge is 0.227 e. The van der Waals surface area contributed by atoms with Gasteiger partial charge in [-0.25, -0.2) is 4.98 Å². The predicted molar refractivity (Wildman–Crippen MR) is 90.2 cm³/mol. The van der Waals surface area contributed by atoms with E-state index in [1.807, 2.05) is 54.4 Å². The molecule has 0 bridgehead atoms. The van der Waals surface area contributed by atoms with Gasteiger partial charge in [-0.15, -0.1) is 0 Å². The van der Waals surface area contributed by atoms with Crippen molar-refractivity contribution in [2.24, 2.45) is 0 Å². The van der Waals surface area contributed by atoms with Crippen LogP contribution in [-0.2, 0) is 24.3 Å². The van der Waals surface area contributed by atoms with Crippen LogP contribution in [0.15, 0.2) is 53.3 Å². The molecule has 3 aromatic rings. The lowest BCUT2D eigenvalue weighted by Gasteiger charge is -2.28. The molecule has 5 nitrogen and oxygen atoms in total. The van der Waals surface area contributed by atoms with Gasteiger partial charge in [-0.2, -0.15) is 0 Å². The molecule has 0 saturated carbocycles. The molecule has 0 aliphatic carbocycles. The molecule has 0 saturated heterocycles. The third-order valence-corrected chi connectivity index (χ3v) is 4.47. The maximum atomic E-state index is 12.6. The summed E-state index contributed by atoms with van der Waals surface area (Å²) < 4.78 is 7.60. The molecule has 24 heavy (non-hydrogen) atoms. The van der Waals surface area contributed by atoms with Gasteiger partial charge in [-0.3, -0.25) is 4.79 Å². The van der Waals surface area contributed by atoms with E-state index >= 15 is 0 Å². The van der Waals surface area contributed by atoms with Crippen molar-refractivity contribution in [3.05, 3.63) is 65.8 Å². The monoisotopic (exact) mass is 321 g/mol. The molecule has 5 heteroatoms. The molecule has 1 amide bonds. The molecular weight excluding hydrogens is 302 g/mol. The van der Waals surface area contributed by atoms with Crippen LogP contribution >= 0.6 is 0 Å². The molecule has 122 valence electrons. The fourth-order valence-corrected chi connectivity index (χ4v) is 3.09. The van der Waals surface area contributed by atoms with E-state index in [9.17, 15) is 4.79 Å². The zero-order valence-corrected chi connectivity index (χ0v) is 13.6. The number of aryl methyl sites for hydroxylation is 1. The van der Waals surface area contributed by atoms with Crippen molar-refractivity contribution in [3.8, 4) is 11.5 Å². The summed E-state index contributed by atoms with van der Waals surface area (Å²) in [6, 6.07) is 11.9. The fourth-order valence-electron chi connectivity index (χ4n) is 3.09. The highest BCUT2D eigenvalue weighted by molar-refractivity contribution is 5.78. The van der Waals surface area contributed by atoms with Crippen LogP contribution in [0.1, 0.15) is 17.0 Å². The van der Waals surface area contributed by atoms with Crippen molar-refractivity contribution in [2.75, 3.05) is 6.54 Å². The van der Waals surface area contributed by atoms with Crippen LogP contribution in [0.2, 0.25) is 0 Å². The van der Waals surface area contributed by atoms with Gasteiger partial charge < -0.3 is 13.9 Å². The number of imidazole rings is 1. The number of hydrogen-bond donors (Lipinski definition) is 0. The third-order valence-electron chi connectivity index (χ3n) is 4.47. The maximum absolute atomic E-state index is 12.6. The molecule has 0 radical (unpaired) electrons. The van der Waals surface area contributed by atoms with Crippen molar-refractivity contribution in [3.63, 3.8) is 0 Å². The van der Waals surface area contributed by atoms with Crippen LogP contribution in [0.5, 0.6) is 0 Å². The summed E-state index contributed by atoms with van der Waals surface area (Å²) in [6.07, 6.45) is 3.92. The first-order valence-corrected chi connectivity index (χ1v) is 8.12. The van der Waals surface area contributed by atoms with Gasteiger partial charge in [0.25, 0.3) is 0 Å². The Kier molecular flexibility index (Phi) is 3.69. The Balaban J connectivity index is 1.48. The molecule has 0 fully saturated rings. The van der Waals surface area contributed by atoms with E-state index in [0.29, 0.717) is 19.5 Å². The van der Waals surface area contributed by atoms with Gasteiger partial charge in [-0.1, -0.05) is 29.8 Å². The maximum Gasteiger partial charge on any atom is 0.227 e. The van der Waals surface area contributed by atoms with E-state index < -0.39 is 0 Å². The first-order chi connectivity index (χ1) is 11.7. The number of furan rings is 1. The number of benzene rings is 1. The number of nitrogens with zero attached hydrogens (tertiary/aromatic N) is 3. The largest absolute Gasteiger partial charge is 0.463 e. The highest BCUT2D eigenvalue weighted by Crippen LogP contribution is 2.24. The van der Waals surface area contributed by atoms with Crippen LogP contribution in [0.4, 0.5) is 0 Å². The average Bonchev–Trinajstić information content (AvgIpc) is 3.25. The van der Waals surface area contributed by atoms with Crippen LogP contribution in [0, 0.1) is 6.92 Å². The third kappa shape index (κ3) is 2.73. The van der Waals surface area contributed by atoms with E-state index in [2.05, 4.69) is 9.55 Å². The van der Waals surface area contributed by atoms with Crippen molar-refractivity contribution in [1.29, 1.82) is 0 Å². The second kappa shape index (κ2) is 6.00. The highest BCUT2D eigenvalue weighted by Gasteiger charge is 2.24. The lowest BCUT2D eigenvalue weighted by atomic mass is 10.1. The average molecular weight is 321 g/mol. The van der Waals surface area contributed by atoms with Gasteiger partial charge >= 0.3 is 0 Å². The molecule has 1 aliphatic rings. The summed E-state index contributed by atoms with van der Waals surface area (Å²) in [5, 5.41) is 0. The summed E-state index contributed by atoms with van der Waals surface area (Å²) in [6.45, 7) is 4.03. The highest BCUT2D eigenvalue weighted by atomic mass is 16.3. The predicted octanol–water partition coefficient (Wildman–Crippen LogP) is 3.04. The van der Waals surface area contributed by atoms with Gasteiger partial charge in [0, 0.05) is 13.1 Å². The molecule has 1 aromatic carbocycles. The van der Waals surface area contributed by atoms with Crippen molar-refractivity contribution in [1.82, 2.24) is 14.5 Å². The SMILES string of the molecule is Cc1ccc(CC(=O)N2CCn3c(-c4ccco4)cnc3C2)cc1. The molecule has 0 atom stereocenters. The van der Waals surface area contributed by atoms with Gasteiger partial charge in [0.15, 0.2) is 5.76 Å². The summed E-state index contributed by atoms with van der Waals surface area (Å²) in [7, 11) is 0. The van der Waals surface area contributed by atoms with Crippen LogP contribution in [0.3, 0.4) is 0 Å². The molecule has 0 N–H and O–H groups in total. The number of aromatic nitrogens is 2. The first-order valence-electron chi connectivity index (χ1n) is 8.12. The Morgan fingerprint density at radius 2 is 2.04 bits per heavy atom. The number of rotatable bonds is 3. The topological polar surface area (TPSA) is 51.3 Å². The first kappa shape index (κ1) is 14.8. The second-order valence-corrected chi connectivity index (χ2v) is 6.17. The minimum Gasteiger partial charge on any atom is -0.463 e. The number of amides is 1. The van der Waals surface area contributed by atoms with Crippen LogP contribution in [-0.4, -0.2) is 26.9 Å². The lowest BCUT2D eigenvalue weighted by Crippen LogP contribution is -2.39. The van der Waals surface area contributed by atoms with E-state index in [0.717, 1.165) is 29.4 Å². The summed E-state index contributed by atoms with van der Waals surface area (Å²) >= 11 is 0. The Morgan fingerprint density at radius 3 is 2.79 bits per heavy atom. The normalized spacial score (nSPS) is 13.8. The van der Waals surface area contributed by atoms with Gasteiger partial charge in [0.1, 0.15) is 11.5 Å². The summed E-state index contributed by atoms with van der Waals surface area (Å²) in [4.78, 5) is 18.9. The molecule has 0 spiro atoms. The summed E-state index contributed by atoms with van der Waals surface area (Å²) in [5.74, 6) is 1.87. The van der Waals surface area contributed by atoms with Crippen molar-refractivity contribution < 1.29 is 9.21 Å². The Bertz CT molecular complexity index is 847. The van der Waals surface area contributed by atoms with Gasteiger partial charge in [-0.05, 0) is 24.6 Å². The van der Waals surface area contributed by atoms with Crippen LogP contribution in [0.25, 0.3) is 11.5 Å². The van der Waals surface area contributed by atoms with E-state index in [-0.39, 0.29) is 5.91 Å². The Labute approximate surface area is 140 Å². The van der Waals surface area contributed by atoms with Crippen molar-refractivity contribution in [2.45, 2.75) is 26.4 Å². The lowest BCUT2D eigenvalue weighted by molar-refractivity contribution is -0.132. The second-order valence-electron chi connectivity index (χ2n) is 6.17.